The number of ether oxygens (including phenoxy) is 3. The van der Waals surface area contributed by atoms with E-state index in [1.54, 1.807) is 0 Å². The lowest BCUT2D eigenvalue weighted by Crippen LogP contribution is -2.30. The predicted octanol–water partition coefficient (Wildman–Crippen LogP) is 18.5. The second-order valence-corrected chi connectivity index (χ2v) is 18.8. The molecular formula is C58H106O6. The highest BCUT2D eigenvalue weighted by Gasteiger charge is 2.19. The van der Waals surface area contributed by atoms with Crippen LogP contribution in [0.1, 0.15) is 297 Å². The third kappa shape index (κ3) is 50.6. The van der Waals surface area contributed by atoms with E-state index in [2.05, 4.69) is 57.2 Å². The van der Waals surface area contributed by atoms with Crippen molar-refractivity contribution in [2.45, 2.75) is 303 Å². The van der Waals surface area contributed by atoms with E-state index in [-0.39, 0.29) is 31.1 Å². The molecule has 6 nitrogen and oxygen atoms in total. The molecule has 0 saturated heterocycles. The van der Waals surface area contributed by atoms with E-state index in [1.165, 1.54) is 173 Å². The number of carbonyl (C=O) groups is 3. The molecule has 0 spiro atoms. The lowest BCUT2D eigenvalue weighted by Gasteiger charge is -2.18. The first-order chi connectivity index (χ1) is 31.5. The van der Waals surface area contributed by atoms with E-state index in [1.807, 2.05) is 0 Å². The SMILES string of the molecule is CCCCC/C=C\C/C=C\CCCCCCCC(=O)OC(COC(=O)CCCCCCCCCC)COC(=O)CCCCCCCCCCCCC/C=C\CCCCCCCCCC. The van der Waals surface area contributed by atoms with Crippen molar-refractivity contribution in [3.8, 4) is 0 Å². The van der Waals surface area contributed by atoms with Crippen LogP contribution in [0.15, 0.2) is 36.5 Å². The Morgan fingerprint density at radius 2 is 0.562 bits per heavy atom. The molecule has 0 heterocycles. The van der Waals surface area contributed by atoms with E-state index in [9.17, 15) is 14.4 Å². The fraction of sp³-hybridized carbons (Fsp3) is 0.845. The Kier molecular flexibility index (Phi) is 51.3. The Morgan fingerprint density at radius 1 is 0.312 bits per heavy atom. The van der Waals surface area contributed by atoms with Crippen LogP contribution in [-0.2, 0) is 28.6 Å². The van der Waals surface area contributed by atoms with Crippen molar-refractivity contribution in [2.24, 2.45) is 0 Å². The molecule has 0 rings (SSSR count). The Labute approximate surface area is 397 Å². The van der Waals surface area contributed by atoms with Gasteiger partial charge in [-0.25, -0.2) is 0 Å². The molecule has 64 heavy (non-hydrogen) atoms. The summed E-state index contributed by atoms with van der Waals surface area (Å²) in [6.07, 6.45) is 62.9. The predicted molar refractivity (Wildman–Crippen MR) is 275 cm³/mol. The number of rotatable bonds is 51. The summed E-state index contributed by atoms with van der Waals surface area (Å²) >= 11 is 0. The average Bonchev–Trinajstić information content (AvgIpc) is 3.29. The Bertz CT molecular complexity index is 1080. The minimum atomic E-state index is -0.775. The van der Waals surface area contributed by atoms with E-state index in [0.29, 0.717) is 19.3 Å². The van der Waals surface area contributed by atoms with Crippen molar-refractivity contribution in [1.29, 1.82) is 0 Å². The lowest BCUT2D eigenvalue weighted by molar-refractivity contribution is -0.167. The molecule has 0 fully saturated rings. The Hall–Kier alpha value is -2.37. The van der Waals surface area contributed by atoms with Crippen molar-refractivity contribution < 1.29 is 28.6 Å². The molecule has 1 atom stereocenters. The molecule has 374 valence electrons. The number of allylic oxidation sites excluding steroid dienone is 6. The highest BCUT2D eigenvalue weighted by Crippen LogP contribution is 2.16. The van der Waals surface area contributed by atoms with Crippen molar-refractivity contribution in [1.82, 2.24) is 0 Å². The van der Waals surface area contributed by atoms with Crippen LogP contribution in [0, 0.1) is 0 Å². The van der Waals surface area contributed by atoms with Crippen LogP contribution in [0.25, 0.3) is 0 Å². The first-order valence-electron chi connectivity index (χ1n) is 28.0. The fourth-order valence-electron chi connectivity index (χ4n) is 8.12. The van der Waals surface area contributed by atoms with Crippen LogP contribution < -0.4 is 0 Å². The number of carbonyl (C=O) groups excluding carboxylic acids is 3. The lowest BCUT2D eigenvalue weighted by atomic mass is 10.0. The average molecular weight is 899 g/mol. The van der Waals surface area contributed by atoms with Crippen molar-refractivity contribution in [2.75, 3.05) is 13.2 Å². The summed E-state index contributed by atoms with van der Waals surface area (Å²) < 4.78 is 16.8. The summed E-state index contributed by atoms with van der Waals surface area (Å²) in [6, 6.07) is 0. The van der Waals surface area contributed by atoms with Gasteiger partial charge in [-0.05, 0) is 77.0 Å². The highest BCUT2D eigenvalue weighted by atomic mass is 16.6. The number of esters is 3. The molecule has 0 aromatic heterocycles. The maximum absolute atomic E-state index is 12.8. The minimum absolute atomic E-state index is 0.0756. The van der Waals surface area contributed by atoms with Gasteiger partial charge in [-0.15, -0.1) is 0 Å². The number of hydrogen-bond donors (Lipinski definition) is 0. The van der Waals surface area contributed by atoms with Gasteiger partial charge in [0, 0.05) is 19.3 Å². The summed E-state index contributed by atoms with van der Waals surface area (Å²) in [5, 5.41) is 0. The summed E-state index contributed by atoms with van der Waals surface area (Å²) in [5.41, 5.74) is 0. The fourth-order valence-corrected chi connectivity index (χ4v) is 8.12. The zero-order valence-electron chi connectivity index (χ0n) is 42.8. The zero-order chi connectivity index (χ0) is 46.5. The largest absolute Gasteiger partial charge is 0.462 e. The van der Waals surface area contributed by atoms with E-state index >= 15 is 0 Å². The molecular weight excluding hydrogens is 793 g/mol. The van der Waals surface area contributed by atoms with Crippen LogP contribution in [0.3, 0.4) is 0 Å². The standard InChI is InChI=1S/C58H106O6/c1-4-7-10-13-16-19-21-23-25-26-27-28-29-30-31-32-34-35-37-39-42-45-48-51-57(60)63-54-55(53-62-56(59)50-47-44-41-18-15-12-9-6-3)64-58(61)52-49-46-43-40-38-36-33-24-22-20-17-14-11-8-5-2/h17,20,24,26-27,33,55H,4-16,18-19,21-23,25,28-32,34-54H2,1-3H3/b20-17-,27-26-,33-24-. The maximum Gasteiger partial charge on any atom is 0.306 e. The highest BCUT2D eigenvalue weighted by molar-refractivity contribution is 5.71. The normalized spacial score (nSPS) is 12.2. The molecule has 6 heteroatoms. The minimum Gasteiger partial charge on any atom is -0.462 e. The number of hydrogen-bond acceptors (Lipinski definition) is 6. The summed E-state index contributed by atoms with van der Waals surface area (Å²) in [4.78, 5) is 37.9. The van der Waals surface area contributed by atoms with Crippen LogP contribution in [-0.4, -0.2) is 37.2 Å². The molecule has 0 aromatic carbocycles. The molecule has 0 aromatic rings. The van der Waals surface area contributed by atoms with Gasteiger partial charge in [-0.1, -0.05) is 237 Å². The summed E-state index contributed by atoms with van der Waals surface area (Å²) in [5.74, 6) is -0.883. The van der Waals surface area contributed by atoms with Gasteiger partial charge >= 0.3 is 17.9 Å². The third-order valence-corrected chi connectivity index (χ3v) is 12.4. The summed E-state index contributed by atoms with van der Waals surface area (Å²) in [7, 11) is 0. The monoisotopic (exact) mass is 899 g/mol. The van der Waals surface area contributed by atoms with Crippen LogP contribution in [0.4, 0.5) is 0 Å². The second kappa shape index (κ2) is 53.2. The van der Waals surface area contributed by atoms with Crippen LogP contribution >= 0.6 is 0 Å². The van der Waals surface area contributed by atoms with Gasteiger partial charge in [-0.2, -0.15) is 0 Å². The van der Waals surface area contributed by atoms with Gasteiger partial charge in [0.25, 0.3) is 0 Å². The van der Waals surface area contributed by atoms with Crippen LogP contribution in [0.5, 0.6) is 0 Å². The van der Waals surface area contributed by atoms with E-state index in [0.717, 1.165) is 83.5 Å². The first kappa shape index (κ1) is 61.6. The third-order valence-electron chi connectivity index (χ3n) is 12.4. The molecule has 0 amide bonds. The molecule has 0 radical (unpaired) electrons. The molecule has 0 aliphatic heterocycles. The van der Waals surface area contributed by atoms with Crippen LogP contribution in [0.2, 0.25) is 0 Å². The molecule has 0 aliphatic carbocycles. The van der Waals surface area contributed by atoms with Crippen molar-refractivity contribution >= 4 is 17.9 Å². The first-order valence-corrected chi connectivity index (χ1v) is 28.0. The topological polar surface area (TPSA) is 78.9 Å². The van der Waals surface area contributed by atoms with Gasteiger partial charge in [0.05, 0.1) is 0 Å². The van der Waals surface area contributed by atoms with Gasteiger partial charge in [0.15, 0.2) is 6.10 Å². The van der Waals surface area contributed by atoms with Crippen molar-refractivity contribution in [3.63, 3.8) is 0 Å². The molecule has 0 saturated carbocycles. The quantitative estimate of drug-likeness (QED) is 0.0262. The van der Waals surface area contributed by atoms with Gasteiger partial charge in [0.1, 0.15) is 13.2 Å². The van der Waals surface area contributed by atoms with E-state index in [4.69, 9.17) is 14.2 Å². The molecule has 0 N–H and O–H groups in total. The van der Waals surface area contributed by atoms with Gasteiger partial charge < -0.3 is 14.2 Å². The van der Waals surface area contributed by atoms with E-state index < -0.39 is 6.10 Å². The Morgan fingerprint density at radius 3 is 0.906 bits per heavy atom. The zero-order valence-corrected chi connectivity index (χ0v) is 42.8. The number of unbranched alkanes of at least 4 members (excludes halogenated alkanes) is 34. The Balaban J connectivity index is 4.19. The molecule has 0 aliphatic rings. The smallest absolute Gasteiger partial charge is 0.306 e. The van der Waals surface area contributed by atoms with Gasteiger partial charge in [-0.3, -0.25) is 14.4 Å². The van der Waals surface area contributed by atoms with Crippen molar-refractivity contribution in [3.05, 3.63) is 36.5 Å². The molecule has 1 unspecified atom stereocenters. The second-order valence-electron chi connectivity index (χ2n) is 18.8. The molecule has 0 bridgehead atoms. The summed E-state index contributed by atoms with van der Waals surface area (Å²) in [6.45, 7) is 6.60. The van der Waals surface area contributed by atoms with Gasteiger partial charge in [0.2, 0.25) is 0 Å². The maximum atomic E-state index is 12.8.